The maximum absolute atomic E-state index is 13.4. The van der Waals surface area contributed by atoms with E-state index in [1.54, 1.807) is 20.8 Å². The molecule has 4 saturated carbocycles. The molecule has 0 unspecified atom stereocenters. The van der Waals surface area contributed by atoms with Crippen molar-refractivity contribution in [2.45, 2.75) is 323 Å². The highest BCUT2D eigenvalue weighted by molar-refractivity contribution is 5.87. The van der Waals surface area contributed by atoms with Gasteiger partial charge in [-0.15, -0.1) is 0 Å². The molecule has 6 saturated heterocycles. The molecular formula is C61H114N14O24. The van der Waals surface area contributed by atoms with Gasteiger partial charge in [-0.25, -0.2) is 4.79 Å². The van der Waals surface area contributed by atoms with E-state index in [2.05, 4.69) is 16.0 Å². The van der Waals surface area contributed by atoms with E-state index >= 15 is 0 Å². The molecule has 0 aromatic heterocycles. The largest absolute Gasteiger partial charge is 0.444 e. The Balaban J connectivity index is 0.000000234. The molecule has 572 valence electrons. The minimum Gasteiger partial charge on any atom is -0.444 e. The van der Waals surface area contributed by atoms with E-state index in [0.29, 0.717) is 51.4 Å². The number of alkyl carbamates (subject to hydrolysis) is 1. The molecule has 0 spiro atoms. The molecule has 10 fully saturated rings. The quantitative estimate of drug-likeness (QED) is 0.0452. The summed E-state index contributed by atoms with van der Waals surface area (Å²) >= 11 is 0. The topological polar surface area (TPSA) is 655 Å². The summed E-state index contributed by atoms with van der Waals surface area (Å²) in [5, 5.41) is 96.2. The number of amides is 3. The first-order valence-corrected chi connectivity index (χ1v) is 34.8. The van der Waals surface area contributed by atoms with Crippen molar-refractivity contribution in [3.63, 3.8) is 0 Å². The number of nitrogens with two attached hydrogens (primary N) is 11. The van der Waals surface area contributed by atoms with Gasteiger partial charge in [0.1, 0.15) is 90.1 Å². The molecular weight excluding hydrogens is 1310 g/mol. The van der Waals surface area contributed by atoms with Crippen molar-refractivity contribution in [1.29, 1.82) is 0 Å². The Hall–Kier alpha value is -3.03. The normalized spacial score (nSPS) is 47.2. The monoisotopic (exact) mass is 1430 g/mol. The minimum absolute atomic E-state index is 0.0202. The second kappa shape index (κ2) is 34.5. The fourth-order valence-electron chi connectivity index (χ4n) is 14.5. The van der Waals surface area contributed by atoms with E-state index in [9.17, 15) is 55.2 Å². The third kappa shape index (κ3) is 19.3. The van der Waals surface area contributed by atoms with Gasteiger partial charge < -0.3 is 181 Å². The lowest BCUT2D eigenvalue weighted by Gasteiger charge is -2.48. The average Bonchev–Trinajstić information content (AvgIpc) is 1.76. The van der Waals surface area contributed by atoms with Gasteiger partial charge in [0.05, 0.1) is 73.9 Å². The maximum atomic E-state index is 13.4. The van der Waals surface area contributed by atoms with Crippen molar-refractivity contribution >= 4 is 17.9 Å². The summed E-state index contributed by atoms with van der Waals surface area (Å²) in [6.45, 7) is 5.02. The highest BCUT2D eigenvalue weighted by Crippen LogP contribution is 2.40. The lowest BCUT2D eigenvalue weighted by Crippen LogP contribution is -2.69. The van der Waals surface area contributed by atoms with E-state index in [0.717, 1.165) is 0 Å². The Morgan fingerprint density at radius 1 is 0.424 bits per heavy atom. The van der Waals surface area contributed by atoms with Gasteiger partial charge in [-0.3, -0.25) is 9.59 Å². The number of aliphatic hydroxyl groups excluding tert-OH is 6. The minimum atomic E-state index is -1.85. The van der Waals surface area contributed by atoms with Crippen molar-refractivity contribution in [1.82, 2.24) is 16.0 Å². The summed E-state index contributed by atoms with van der Waals surface area (Å²) in [5.41, 5.74) is 63.1. The molecule has 38 nitrogen and oxygen atoms in total. The number of aliphatic hydroxyl groups is 8. The van der Waals surface area contributed by atoms with Gasteiger partial charge in [0, 0.05) is 76.0 Å². The first-order chi connectivity index (χ1) is 46.8. The van der Waals surface area contributed by atoms with E-state index in [4.69, 9.17) is 125 Å². The van der Waals surface area contributed by atoms with Crippen molar-refractivity contribution in [3.05, 3.63) is 0 Å². The Labute approximate surface area is 574 Å². The van der Waals surface area contributed by atoms with Crippen LogP contribution >= 0.6 is 0 Å². The predicted molar refractivity (Wildman–Crippen MR) is 343 cm³/mol. The molecule has 0 radical (unpaired) electrons. The van der Waals surface area contributed by atoms with Gasteiger partial charge >= 0.3 is 6.09 Å². The summed E-state index contributed by atoms with van der Waals surface area (Å²) in [6, 6.07) is -6.74. The van der Waals surface area contributed by atoms with Crippen LogP contribution in [0.25, 0.3) is 0 Å². The first-order valence-electron chi connectivity index (χ1n) is 34.8. The van der Waals surface area contributed by atoms with Crippen LogP contribution in [-0.2, 0) is 71.2 Å². The highest BCUT2D eigenvalue weighted by atomic mass is 16.8. The van der Waals surface area contributed by atoms with Crippen LogP contribution in [0.4, 0.5) is 4.79 Å². The third-order valence-corrected chi connectivity index (χ3v) is 20.3. The molecule has 0 aromatic carbocycles. The number of hydrogen-bond acceptors (Lipinski definition) is 35. The zero-order chi connectivity index (χ0) is 72.2. The van der Waals surface area contributed by atoms with Crippen LogP contribution in [0.2, 0.25) is 0 Å². The number of ether oxygens (including phenoxy) is 13. The molecule has 4 aliphatic carbocycles. The van der Waals surface area contributed by atoms with E-state index in [-0.39, 0.29) is 95.2 Å². The number of carbonyl (C=O) groups excluding carboxylic acids is 3. The molecule has 6 aliphatic heterocycles. The second-order valence-electron chi connectivity index (χ2n) is 29.4. The highest BCUT2D eigenvalue weighted by Gasteiger charge is 2.58. The number of nitrogens with one attached hydrogen (secondary N) is 3. The van der Waals surface area contributed by atoms with Crippen LogP contribution in [0.3, 0.4) is 0 Å². The summed E-state index contributed by atoms with van der Waals surface area (Å²) in [7, 11) is 0. The Morgan fingerprint density at radius 3 is 1.04 bits per heavy atom. The predicted octanol–water partition coefficient (Wildman–Crippen LogP) is -9.97. The zero-order valence-corrected chi connectivity index (χ0v) is 56.6. The van der Waals surface area contributed by atoms with Gasteiger partial charge in [0.2, 0.25) is 0 Å². The maximum Gasteiger partial charge on any atom is 0.407 e. The van der Waals surface area contributed by atoms with Gasteiger partial charge in [-0.1, -0.05) is 0 Å². The van der Waals surface area contributed by atoms with Crippen molar-refractivity contribution < 1.29 is 117 Å². The van der Waals surface area contributed by atoms with Crippen molar-refractivity contribution in [2.75, 3.05) is 39.4 Å². The standard InChI is InChI=1S/C33H61N7O13.C28H53N7O11/c1-32(2,3)53-31(45)39-14-9-33(46,10-14)30(44)40-20-8-19(38)24(50-27-17(36)6-4-15(11-34)47-27)26(22(20)42)52-29-23(43)25(21(13-41)49-29)51-28-18(37)7-5-16(12-35)48-28;29-8-12-1-3-14(32)24(41-12)44-21-16(34)5-17(35-27(39)28(40)6-11(31)7-28)19(37)23(21)46-26-20(38)22(18(10-36)43-26)45-25-15(33)4-2-13(9-30)42-25/h14-29,41-43,46H,4-13,34-38H2,1-3H3,(H,39,45)(H,40,44);11-26,36-38,40H,1-10,29-34H2,(H,35,39)/t14?,15-,16+,17+,18+,19-,20+,21+,22-,23+,24+,25+,26+,27+,28+,29-,33?;11?,12-,13+,14+,15+,16-,17+,18+,19-,20+,21+,22+,23+,24+,25+,26-,28?/m00/s1. The summed E-state index contributed by atoms with van der Waals surface area (Å²) in [4.78, 5) is 38.6. The van der Waals surface area contributed by atoms with Gasteiger partial charge in [-0.2, -0.15) is 0 Å². The van der Waals surface area contributed by atoms with Crippen LogP contribution in [0.1, 0.15) is 111 Å². The molecule has 33 N–H and O–H groups in total. The molecule has 6 heterocycles. The van der Waals surface area contributed by atoms with Crippen molar-refractivity contribution in [2.24, 2.45) is 63.1 Å². The molecule has 30 atom stereocenters. The first kappa shape index (κ1) is 80.1. The van der Waals surface area contributed by atoms with Crippen molar-refractivity contribution in [3.8, 4) is 0 Å². The molecule has 38 heteroatoms. The number of rotatable bonds is 23. The van der Waals surface area contributed by atoms with Gasteiger partial charge in [0.25, 0.3) is 11.8 Å². The Kier molecular flexibility index (Phi) is 27.9. The fourth-order valence-corrected chi connectivity index (χ4v) is 14.5. The van der Waals surface area contributed by atoms with E-state index in [1.165, 1.54) is 0 Å². The molecule has 10 rings (SSSR count). The van der Waals surface area contributed by atoms with Gasteiger partial charge in [-0.05, 0) is 85.0 Å². The summed E-state index contributed by atoms with van der Waals surface area (Å²) in [6.07, 6.45) is -19.0. The van der Waals surface area contributed by atoms with Gasteiger partial charge in [0.15, 0.2) is 37.7 Å². The van der Waals surface area contributed by atoms with Crippen LogP contribution < -0.4 is 79.0 Å². The zero-order valence-electron chi connectivity index (χ0n) is 56.6. The number of carbonyl (C=O) groups is 3. The van der Waals surface area contributed by atoms with E-state index < -0.39 is 213 Å². The third-order valence-electron chi connectivity index (χ3n) is 20.3. The molecule has 99 heavy (non-hydrogen) atoms. The Morgan fingerprint density at radius 2 is 0.737 bits per heavy atom. The van der Waals surface area contributed by atoms with Crippen LogP contribution in [-0.4, -0.2) is 311 Å². The molecule has 0 bridgehead atoms. The summed E-state index contributed by atoms with van der Waals surface area (Å²) < 4.78 is 77.8. The molecule has 0 aromatic rings. The Bertz CT molecular complexity index is 2580. The molecule has 3 amide bonds. The lowest BCUT2D eigenvalue weighted by atomic mass is 9.74. The SMILES string of the molecule is CC(C)(C)OC(=O)NC1CC(O)(C(=O)N[C@@H]2C[C@H](N)[C@@H](O[C@H]3O[C@H](CN)CC[C@H]3N)[C@H](O[C@@H]3O[C@H](CO)[C@@H](O[C@H]4O[C@@H](CN)CC[C@H]4N)[C@H]3O)[C@H]2O)C1.NC[C@@H]1CC[C@@H](N)[C@@H](O[C@H]2[C@H](O[C@@H]3O[C@H](CO)[C@@H](O[C@H]4O[C@@H](CN)CC[C@H]4N)[C@H]3O)[C@@H](O)[C@H](NC(=O)C3(O)CC(N)C3)C[C@@H]2N)O1. The molecule has 10 aliphatic rings. The average molecular weight is 1430 g/mol. The van der Waals surface area contributed by atoms with Crippen LogP contribution in [0.5, 0.6) is 0 Å². The lowest BCUT2D eigenvalue weighted by molar-refractivity contribution is -0.288. The van der Waals surface area contributed by atoms with Crippen LogP contribution in [0, 0.1) is 0 Å². The number of hydrogen-bond donors (Lipinski definition) is 22. The fraction of sp³-hybridized carbons (Fsp3) is 0.951. The summed E-state index contributed by atoms with van der Waals surface area (Å²) in [5.74, 6) is -1.49. The van der Waals surface area contributed by atoms with Crippen LogP contribution in [0.15, 0.2) is 0 Å². The van der Waals surface area contributed by atoms with E-state index in [1.807, 2.05) is 0 Å². The smallest absolute Gasteiger partial charge is 0.407 e. The second-order valence-corrected chi connectivity index (χ2v) is 29.4.